The Kier molecular flexibility index (Phi) is 4.69. The first-order chi connectivity index (χ1) is 10.8. The number of fused-ring (bicyclic) bond motifs is 1. The summed E-state index contributed by atoms with van der Waals surface area (Å²) in [5.74, 6) is 1.86. The van der Waals surface area contributed by atoms with Gasteiger partial charge in [0.25, 0.3) is 0 Å². The molecule has 0 bridgehead atoms. The van der Waals surface area contributed by atoms with Crippen LogP contribution in [0.4, 0.5) is 0 Å². The molecule has 4 heteroatoms. The third kappa shape index (κ3) is 3.13. The van der Waals surface area contributed by atoms with Crippen molar-refractivity contribution >= 4 is 6.08 Å². The molecular formula is C18H26N2O2. The largest absolute Gasteiger partial charge is 0.493 e. The van der Waals surface area contributed by atoms with E-state index in [0.717, 1.165) is 69.1 Å². The van der Waals surface area contributed by atoms with Crippen LogP contribution in [-0.4, -0.2) is 43.3 Å². The molecule has 3 rings (SSSR count). The molecule has 120 valence electrons. The molecule has 2 aliphatic rings. The lowest BCUT2D eigenvalue weighted by molar-refractivity contribution is 0.122. The first kappa shape index (κ1) is 15.4. The maximum Gasteiger partial charge on any atom is 0.141 e. The Morgan fingerprint density at radius 2 is 2.32 bits per heavy atom. The van der Waals surface area contributed by atoms with Crippen LogP contribution in [0.2, 0.25) is 0 Å². The summed E-state index contributed by atoms with van der Waals surface area (Å²) in [6, 6.07) is 6.07. The Morgan fingerprint density at radius 1 is 1.41 bits per heavy atom. The van der Waals surface area contributed by atoms with Gasteiger partial charge in [-0.25, -0.2) is 0 Å². The van der Waals surface area contributed by atoms with Crippen molar-refractivity contribution in [2.75, 3.05) is 32.8 Å². The highest BCUT2D eigenvalue weighted by Crippen LogP contribution is 2.40. The van der Waals surface area contributed by atoms with Gasteiger partial charge in [-0.1, -0.05) is 13.0 Å². The number of hydrogen-bond donors (Lipinski definition) is 1. The van der Waals surface area contributed by atoms with Crippen LogP contribution < -0.4 is 15.2 Å². The number of nitrogens with zero attached hydrogens (tertiary/aromatic N) is 1. The number of ether oxygens (including phenoxy) is 2. The van der Waals surface area contributed by atoms with Crippen molar-refractivity contribution in [1.29, 1.82) is 0 Å². The molecular weight excluding hydrogens is 276 g/mol. The summed E-state index contributed by atoms with van der Waals surface area (Å²) in [6.45, 7) is 6.69. The van der Waals surface area contributed by atoms with Crippen molar-refractivity contribution in [2.45, 2.75) is 31.8 Å². The maximum absolute atomic E-state index is 6.37. The van der Waals surface area contributed by atoms with Crippen LogP contribution in [0.25, 0.3) is 6.08 Å². The minimum absolute atomic E-state index is 0.176. The summed E-state index contributed by atoms with van der Waals surface area (Å²) in [5.41, 5.74) is 6.51. The number of benzene rings is 1. The van der Waals surface area contributed by atoms with Crippen LogP contribution in [0.15, 0.2) is 24.3 Å². The number of nitrogens with two attached hydrogens (primary N) is 1. The van der Waals surface area contributed by atoms with E-state index in [4.69, 9.17) is 15.2 Å². The molecule has 2 heterocycles. The van der Waals surface area contributed by atoms with Crippen molar-refractivity contribution in [3.8, 4) is 11.5 Å². The lowest BCUT2D eigenvalue weighted by Crippen LogP contribution is -2.39. The fourth-order valence-electron chi connectivity index (χ4n) is 3.21. The maximum atomic E-state index is 6.37. The van der Waals surface area contributed by atoms with Crippen molar-refractivity contribution in [3.63, 3.8) is 0 Å². The quantitative estimate of drug-likeness (QED) is 0.877. The summed E-state index contributed by atoms with van der Waals surface area (Å²) in [4.78, 5) is 2.44. The van der Waals surface area contributed by atoms with Gasteiger partial charge in [0.2, 0.25) is 0 Å². The van der Waals surface area contributed by atoms with E-state index < -0.39 is 0 Å². The zero-order valence-electron chi connectivity index (χ0n) is 13.4. The lowest BCUT2D eigenvalue weighted by atomic mass is 9.97. The molecule has 1 aromatic carbocycles. The Balaban J connectivity index is 1.73. The minimum atomic E-state index is -0.176. The van der Waals surface area contributed by atoms with Gasteiger partial charge >= 0.3 is 0 Å². The summed E-state index contributed by atoms with van der Waals surface area (Å²) in [6.07, 6.45) is 7.49. The molecule has 1 saturated heterocycles. The zero-order chi connectivity index (χ0) is 15.4. The van der Waals surface area contributed by atoms with Crippen molar-refractivity contribution < 1.29 is 9.47 Å². The van der Waals surface area contributed by atoms with Crippen molar-refractivity contribution in [1.82, 2.24) is 4.90 Å². The molecule has 1 spiro atoms. The van der Waals surface area contributed by atoms with E-state index in [1.54, 1.807) is 0 Å². The topological polar surface area (TPSA) is 47.7 Å². The van der Waals surface area contributed by atoms with Crippen LogP contribution >= 0.6 is 0 Å². The zero-order valence-corrected chi connectivity index (χ0v) is 13.4. The minimum Gasteiger partial charge on any atom is -0.493 e. The van der Waals surface area contributed by atoms with Crippen LogP contribution in [-0.2, 0) is 0 Å². The molecule has 0 radical (unpaired) electrons. The van der Waals surface area contributed by atoms with Gasteiger partial charge in [-0.05, 0) is 50.2 Å². The van der Waals surface area contributed by atoms with E-state index in [1.165, 1.54) is 0 Å². The van der Waals surface area contributed by atoms with Gasteiger partial charge in [0.1, 0.15) is 17.1 Å². The SMILES string of the molecule is CCCOc1cccc2c1C=CC1(CCN(CCCN)C1)O2. The Morgan fingerprint density at radius 3 is 3.14 bits per heavy atom. The summed E-state index contributed by atoms with van der Waals surface area (Å²) in [5, 5.41) is 0. The van der Waals surface area contributed by atoms with Gasteiger partial charge in [-0.3, -0.25) is 4.90 Å². The number of likely N-dealkylation sites (tertiary alicyclic amines) is 1. The van der Waals surface area contributed by atoms with Crippen molar-refractivity contribution in [2.24, 2.45) is 5.73 Å². The highest BCUT2D eigenvalue weighted by Gasteiger charge is 2.40. The van der Waals surface area contributed by atoms with E-state index in [-0.39, 0.29) is 5.60 Å². The second-order valence-electron chi connectivity index (χ2n) is 6.18. The van der Waals surface area contributed by atoms with Gasteiger partial charge in [-0.2, -0.15) is 0 Å². The van der Waals surface area contributed by atoms with Gasteiger partial charge in [0.15, 0.2) is 0 Å². The molecule has 1 atom stereocenters. The van der Waals surface area contributed by atoms with Crippen LogP contribution in [0, 0.1) is 0 Å². The molecule has 4 nitrogen and oxygen atoms in total. The van der Waals surface area contributed by atoms with Gasteiger partial charge < -0.3 is 15.2 Å². The second-order valence-corrected chi connectivity index (χ2v) is 6.18. The molecule has 0 amide bonds. The number of hydrogen-bond acceptors (Lipinski definition) is 4. The monoisotopic (exact) mass is 302 g/mol. The number of rotatable bonds is 6. The Bertz CT molecular complexity index is 544. The molecule has 2 N–H and O–H groups in total. The fraction of sp³-hybridized carbons (Fsp3) is 0.556. The molecule has 1 fully saturated rings. The summed E-state index contributed by atoms with van der Waals surface area (Å²) < 4.78 is 12.2. The fourth-order valence-corrected chi connectivity index (χ4v) is 3.21. The van der Waals surface area contributed by atoms with E-state index in [2.05, 4.69) is 24.0 Å². The van der Waals surface area contributed by atoms with Crippen molar-refractivity contribution in [3.05, 3.63) is 29.8 Å². The van der Waals surface area contributed by atoms with Crippen LogP contribution in [0.3, 0.4) is 0 Å². The smallest absolute Gasteiger partial charge is 0.141 e. The molecule has 1 aromatic rings. The average Bonchev–Trinajstić information content (AvgIpc) is 2.93. The summed E-state index contributed by atoms with van der Waals surface area (Å²) in [7, 11) is 0. The molecule has 0 saturated carbocycles. The van der Waals surface area contributed by atoms with E-state index in [9.17, 15) is 0 Å². The third-order valence-corrected chi connectivity index (χ3v) is 4.38. The molecule has 1 unspecified atom stereocenters. The molecule has 2 aliphatic heterocycles. The first-order valence-corrected chi connectivity index (χ1v) is 8.33. The van der Waals surface area contributed by atoms with Gasteiger partial charge in [0.05, 0.1) is 12.2 Å². The highest BCUT2D eigenvalue weighted by molar-refractivity contribution is 5.67. The highest BCUT2D eigenvalue weighted by atomic mass is 16.5. The van der Waals surface area contributed by atoms with E-state index >= 15 is 0 Å². The first-order valence-electron chi connectivity index (χ1n) is 8.33. The Hall–Kier alpha value is -1.52. The average molecular weight is 302 g/mol. The second kappa shape index (κ2) is 6.71. The van der Waals surface area contributed by atoms with Gasteiger partial charge in [-0.15, -0.1) is 0 Å². The molecule has 22 heavy (non-hydrogen) atoms. The standard InChI is InChI=1S/C18H26N2O2/c1-2-13-21-16-5-3-6-17-15(16)7-8-18(22-17)9-12-20(14-18)11-4-10-19/h3,5-8H,2,4,9-14,19H2,1H3. The van der Waals surface area contributed by atoms with Gasteiger partial charge in [0, 0.05) is 19.5 Å². The lowest BCUT2D eigenvalue weighted by Gasteiger charge is -2.32. The molecule has 0 aromatic heterocycles. The molecule has 0 aliphatic carbocycles. The van der Waals surface area contributed by atoms with E-state index in [0.29, 0.717) is 0 Å². The van der Waals surface area contributed by atoms with Crippen LogP contribution in [0.5, 0.6) is 11.5 Å². The Labute approximate surface area is 132 Å². The van der Waals surface area contributed by atoms with Crippen LogP contribution in [0.1, 0.15) is 31.7 Å². The van der Waals surface area contributed by atoms with E-state index in [1.807, 2.05) is 18.2 Å². The predicted molar refractivity (Wildman–Crippen MR) is 89.3 cm³/mol. The third-order valence-electron chi connectivity index (χ3n) is 4.38. The summed E-state index contributed by atoms with van der Waals surface area (Å²) >= 11 is 0. The predicted octanol–water partition coefficient (Wildman–Crippen LogP) is 2.67. The normalized spacial score (nSPS) is 23.5.